The van der Waals surface area contributed by atoms with Gasteiger partial charge in [0.15, 0.2) is 0 Å². The molecule has 0 radical (unpaired) electrons. The maximum absolute atomic E-state index is 13.0. The first kappa shape index (κ1) is 17.4. The molecule has 1 aliphatic rings. The molecule has 4 nitrogen and oxygen atoms in total. The number of hydrogen-bond donors (Lipinski definition) is 2. The Hall–Kier alpha value is -2.42. The standard InChI is InChI=1S/C20H21FN2O2/c1-20(2)19(24)18(16-11-14(12-22)5-8-17(16)25-20)23-10-9-13-3-6-15(21)7-4-13/h3-8,11,18-19,23-24H,9-10H2,1-2H3. The van der Waals surface area contributed by atoms with E-state index in [1.54, 1.807) is 30.3 Å². The summed E-state index contributed by atoms with van der Waals surface area (Å²) in [5, 5.41) is 23.2. The van der Waals surface area contributed by atoms with Gasteiger partial charge in [0.2, 0.25) is 0 Å². The van der Waals surface area contributed by atoms with Gasteiger partial charge >= 0.3 is 0 Å². The van der Waals surface area contributed by atoms with E-state index in [1.807, 2.05) is 13.8 Å². The number of nitrogens with zero attached hydrogens (tertiary/aromatic N) is 1. The van der Waals surface area contributed by atoms with E-state index in [-0.39, 0.29) is 11.9 Å². The molecule has 1 heterocycles. The molecule has 0 spiro atoms. The number of aliphatic hydroxyl groups is 1. The Morgan fingerprint density at radius 2 is 1.96 bits per heavy atom. The van der Waals surface area contributed by atoms with Crippen LogP contribution in [0.15, 0.2) is 42.5 Å². The SMILES string of the molecule is CC1(C)Oc2ccc(C#N)cc2C(NCCc2ccc(F)cc2)C1O. The van der Waals surface area contributed by atoms with E-state index in [9.17, 15) is 9.50 Å². The van der Waals surface area contributed by atoms with Gasteiger partial charge in [-0.05, 0) is 62.7 Å². The van der Waals surface area contributed by atoms with E-state index in [2.05, 4.69) is 11.4 Å². The molecule has 0 aromatic heterocycles. The molecule has 1 aliphatic heterocycles. The molecule has 130 valence electrons. The Labute approximate surface area is 146 Å². The number of hydrogen-bond acceptors (Lipinski definition) is 4. The molecule has 2 aromatic rings. The minimum absolute atomic E-state index is 0.253. The average Bonchev–Trinajstić information content (AvgIpc) is 2.59. The smallest absolute Gasteiger partial charge is 0.131 e. The molecule has 0 amide bonds. The van der Waals surface area contributed by atoms with Crippen LogP contribution < -0.4 is 10.1 Å². The van der Waals surface area contributed by atoms with Gasteiger partial charge in [0, 0.05) is 5.56 Å². The molecular weight excluding hydrogens is 319 g/mol. The highest BCUT2D eigenvalue weighted by atomic mass is 19.1. The van der Waals surface area contributed by atoms with Crippen molar-refractivity contribution in [3.05, 3.63) is 65.0 Å². The summed E-state index contributed by atoms with van der Waals surface area (Å²) in [5.41, 5.74) is 1.58. The zero-order valence-electron chi connectivity index (χ0n) is 14.3. The first-order chi connectivity index (χ1) is 11.9. The number of halogens is 1. The molecule has 25 heavy (non-hydrogen) atoms. The fourth-order valence-corrected chi connectivity index (χ4v) is 3.11. The maximum atomic E-state index is 13.0. The average molecular weight is 340 g/mol. The number of nitrogens with one attached hydrogen (secondary N) is 1. The highest BCUT2D eigenvalue weighted by molar-refractivity contribution is 5.46. The summed E-state index contributed by atoms with van der Waals surface area (Å²) in [7, 11) is 0. The van der Waals surface area contributed by atoms with Gasteiger partial charge in [-0.2, -0.15) is 5.26 Å². The van der Waals surface area contributed by atoms with Crippen molar-refractivity contribution in [3.8, 4) is 11.8 Å². The maximum Gasteiger partial charge on any atom is 0.131 e. The van der Waals surface area contributed by atoms with Gasteiger partial charge in [-0.15, -0.1) is 0 Å². The largest absolute Gasteiger partial charge is 0.485 e. The first-order valence-corrected chi connectivity index (χ1v) is 8.29. The molecule has 0 fully saturated rings. The van der Waals surface area contributed by atoms with Crippen LogP contribution in [0.1, 0.15) is 36.6 Å². The molecule has 2 atom stereocenters. The van der Waals surface area contributed by atoms with E-state index in [4.69, 9.17) is 10.00 Å². The number of ether oxygens (including phenoxy) is 1. The second-order valence-corrected chi connectivity index (χ2v) is 6.82. The number of rotatable bonds is 4. The minimum atomic E-state index is -0.762. The van der Waals surface area contributed by atoms with Crippen molar-refractivity contribution in [1.29, 1.82) is 5.26 Å². The van der Waals surface area contributed by atoms with E-state index < -0.39 is 11.7 Å². The highest BCUT2D eigenvalue weighted by Crippen LogP contribution is 2.40. The van der Waals surface area contributed by atoms with Gasteiger partial charge in [0.05, 0.1) is 17.7 Å². The summed E-state index contributed by atoms with van der Waals surface area (Å²) in [6, 6.07) is 13.4. The fourth-order valence-electron chi connectivity index (χ4n) is 3.11. The van der Waals surface area contributed by atoms with Crippen LogP contribution >= 0.6 is 0 Å². The lowest BCUT2D eigenvalue weighted by Crippen LogP contribution is -2.52. The summed E-state index contributed by atoms with van der Waals surface area (Å²) in [6.45, 7) is 4.29. The van der Waals surface area contributed by atoms with Crippen molar-refractivity contribution in [2.45, 2.75) is 38.0 Å². The van der Waals surface area contributed by atoms with Crippen molar-refractivity contribution in [2.24, 2.45) is 0 Å². The molecule has 0 aliphatic carbocycles. The summed E-state index contributed by atoms with van der Waals surface area (Å²) < 4.78 is 18.9. The monoisotopic (exact) mass is 340 g/mol. The quantitative estimate of drug-likeness (QED) is 0.898. The van der Waals surface area contributed by atoms with Crippen LogP contribution in [-0.4, -0.2) is 23.4 Å². The van der Waals surface area contributed by atoms with Gasteiger partial charge in [-0.25, -0.2) is 4.39 Å². The number of nitriles is 1. The van der Waals surface area contributed by atoms with Crippen LogP contribution in [0.25, 0.3) is 0 Å². The van der Waals surface area contributed by atoms with Crippen LogP contribution in [0.5, 0.6) is 5.75 Å². The van der Waals surface area contributed by atoms with Crippen LogP contribution in [0, 0.1) is 17.1 Å². The summed E-state index contributed by atoms with van der Waals surface area (Å²) in [5.74, 6) is 0.421. The number of aliphatic hydroxyl groups excluding tert-OH is 1. The van der Waals surface area contributed by atoms with E-state index in [0.29, 0.717) is 24.3 Å². The second kappa shape index (κ2) is 6.83. The molecule has 2 N–H and O–H groups in total. The van der Waals surface area contributed by atoms with E-state index >= 15 is 0 Å². The zero-order chi connectivity index (χ0) is 18.0. The number of fused-ring (bicyclic) bond motifs is 1. The van der Waals surface area contributed by atoms with Gasteiger partial charge in [-0.1, -0.05) is 12.1 Å². The van der Waals surface area contributed by atoms with Gasteiger partial charge < -0.3 is 15.2 Å². The molecule has 0 saturated heterocycles. The Morgan fingerprint density at radius 3 is 2.64 bits per heavy atom. The Kier molecular flexibility index (Phi) is 4.76. The van der Waals surface area contributed by atoms with Crippen LogP contribution in [0.3, 0.4) is 0 Å². The van der Waals surface area contributed by atoms with Crippen molar-refractivity contribution >= 4 is 0 Å². The van der Waals surface area contributed by atoms with Crippen LogP contribution in [0.4, 0.5) is 4.39 Å². The molecule has 0 bridgehead atoms. The van der Waals surface area contributed by atoms with Gasteiger partial charge in [-0.3, -0.25) is 0 Å². The topological polar surface area (TPSA) is 65.3 Å². The molecule has 2 unspecified atom stereocenters. The summed E-state index contributed by atoms with van der Waals surface area (Å²) >= 11 is 0. The molecule has 2 aromatic carbocycles. The lowest BCUT2D eigenvalue weighted by molar-refractivity contribution is -0.0644. The third-order valence-electron chi connectivity index (χ3n) is 4.57. The highest BCUT2D eigenvalue weighted by Gasteiger charge is 2.42. The van der Waals surface area contributed by atoms with Gasteiger partial charge in [0.25, 0.3) is 0 Å². The van der Waals surface area contributed by atoms with Crippen molar-refractivity contribution in [2.75, 3.05) is 6.54 Å². The van der Waals surface area contributed by atoms with Crippen molar-refractivity contribution < 1.29 is 14.2 Å². The molecule has 3 rings (SSSR count). The number of benzene rings is 2. The third kappa shape index (κ3) is 3.65. The van der Waals surface area contributed by atoms with E-state index in [0.717, 1.165) is 11.1 Å². The Morgan fingerprint density at radius 1 is 1.24 bits per heavy atom. The Balaban J connectivity index is 1.79. The van der Waals surface area contributed by atoms with Crippen molar-refractivity contribution in [3.63, 3.8) is 0 Å². The Bertz CT molecular complexity index is 796. The van der Waals surface area contributed by atoms with Crippen LogP contribution in [0.2, 0.25) is 0 Å². The molecule has 0 saturated carbocycles. The van der Waals surface area contributed by atoms with E-state index in [1.165, 1.54) is 12.1 Å². The lowest BCUT2D eigenvalue weighted by Gasteiger charge is -2.42. The normalized spacial score (nSPS) is 21.1. The summed E-state index contributed by atoms with van der Waals surface area (Å²) in [6.07, 6.45) is -0.0555. The zero-order valence-corrected chi connectivity index (χ0v) is 14.3. The third-order valence-corrected chi connectivity index (χ3v) is 4.57. The van der Waals surface area contributed by atoms with Crippen molar-refractivity contribution in [1.82, 2.24) is 5.32 Å². The minimum Gasteiger partial charge on any atom is -0.485 e. The second-order valence-electron chi connectivity index (χ2n) is 6.82. The van der Waals surface area contributed by atoms with Gasteiger partial charge in [0.1, 0.15) is 23.3 Å². The molecule has 5 heteroatoms. The fraction of sp³-hybridized carbons (Fsp3) is 0.350. The lowest BCUT2D eigenvalue weighted by atomic mass is 9.86. The first-order valence-electron chi connectivity index (χ1n) is 8.29. The predicted molar refractivity (Wildman–Crippen MR) is 92.7 cm³/mol. The predicted octanol–water partition coefficient (Wildman–Crippen LogP) is 3.10. The molecular formula is C20H21FN2O2. The van der Waals surface area contributed by atoms with Crippen LogP contribution in [-0.2, 0) is 6.42 Å². The summed E-state index contributed by atoms with van der Waals surface area (Å²) in [4.78, 5) is 0.